The minimum absolute atomic E-state index is 0.147. The molecule has 0 radical (unpaired) electrons. The summed E-state index contributed by atoms with van der Waals surface area (Å²) in [5.41, 5.74) is 1.72. The van der Waals surface area contributed by atoms with Crippen LogP contribution < -0.4 is 0 Å². The molecule has 2 atom stereocenters. The van der Waals surface area contributed by atoms with Gasteiger partial charge in [0.2, 0.25) is 5.91 Å². The predicted molar refractivity (Wildman–Crippen MR) is 76.0 cm³/mol. The zero-order valence-electron chi connectivity index (χ0n) is 12.5. The van der Waals surface area contributed by atoms with Crippen molar-refractivity contribution < 1.29 is 14.7 Å². The summed E-state index contributed by atoms with van der Waals surface area (Å²) in [4.78, 5) is 29.3. The number of amides is 1. The molecule has 0 aliphatic rings. The molecule has 1 aromatic heterocycles. The van der Waals surface area contributed by atoms with E-state index in [0.717, 1.165) is 11.4 Å². The number of carboxylic acid groups (broad SMARTS) is 1. The molecule has 20 heavy (non-hydrogen) atoms. The molecule has 1 aromatic rings. The van der Waals surface area contributed by atoms with Gasteiger partial charge in [0, 0.05) is 18.2 Å². The fraction of sp³-hybridized carbons (Fsp3) is 0.533. The maximum Gasteiger partial charge on any atom is 0.307 e. The Kier molecular flexibility index (Phi) is 5.67. The average molecular weight is 278 g/mol. The van der Waals surface area contributed by atoms with E-state index in [0.29, 0.717) is 13.1 Å². The van der Waals surface area contributed by atoms with Crippen LogP contribution in [0.4, 0.5) is 0 Å². The van der Waals surface area contributed by atoms with Crippen molar-refractivity contribution in [2.45, 2.75) is 34.2 Å². The topological polar surface area (TPSA) is 70.5 Å². The van der Waals surface area contributed by atoms with Gasteiger partial charge in [-0.25, -0.2) is 0 Å². The van der Waals surface area contributed by atoms with Crippen LogP contribution in [-0.2, 0) is 16.1 Å². The van der Waals surface area contributed by atoms with Gasteiger partial charge in [-0.1, -0.05) is 19.9 Å². The molecule has 0 fully saturated rings. The number of carbonyl (C=O) groups is 2. The highest BCUT2D eigenvalue weighted by Gasteiger charge is 2.29. The first-order valence-corrected chi connectivity index (χ1v) is 6.81. The lowest BCUT2D eigenvalue weighted by atomic mass is 9.94. The van der Waals surface area contributed by atoms with Gasteiger partial charge in [-0.3, -0.25) is 14.6 Å². The van der Waals surface area contributed by atoms with Gasteiger partial charge in [0.15, 0.2) is 0 Å². The summed E-state index contributed by atoms with van der Waals surface area (Å²) in [5.74, 6) is -2.33. The van der Waals surface area contributed by atoms with E-state index in [-0.39, 0.29) is 5.91 Å². The number of rotatable bonds is 6. The monoisotopic (exact) mass is 278 g/mol. The number of carbonyl (C=O) groups excluding carboxylic acids is 1. The highest BCUT2D eigenvalue weighted by molar-refractivity contribution is 5.84. The molecule has 0 saturated heterocycles. The van der Waals surface area contributed by atoms with Gasteiger partial charge in [0.1, 0.15) is 0 Å². The number of hydrogen-bond donors (Lipinski definition) is 1. The van der Waals surface area contributed by atoms with Crippen LogP contribution in [0.15, 0.2) is 18.2 Å². The van der Waals surface area contributed by atoms with E-state index in [4.69, 9.17) is 5.11 Å². The third-order valence-corrected chi connectivity index (χ3v) is 3.52. The van der Waals surface area contributed by atoms with Gasteiger partial charge in [-0.05, 0) is 26.0 Å². The van der Waals surface area contributed by atoms with Crippen molar-refractivity contribution in [1.29, 1.82) is 0 Å². The molecule has 0 aliphatic carbocycles. The normalized spacial score (nSPS) is 13.6. The van der Waals surface area contributed by atoms with E-state index in [1.165, 1.54) is 0 Å². The Balaban J connectivity index is 2.80. The lowest BCUT2D eigenvalue weighted by Gasteiger charge is -2.26. The van der Waals surface area contributed by atoms with Crippen LogP contribution in [0.25, 0.3) is 0 Å². The summed E-state index contributed by atoms with van der Waals surface area (Å²) in [6, 6.07) is 5.67. The fourth-order valence-corrected chi connectivity index (χ4v) is 1.94. The summed E-state index contributed by atoms with van der Waals surface area (Å²) in [6.07, 6.45) is 0. The van der Waals surface area contributed by atoms with Gasteiger partial charge in [0.25, 0.3) is 0 Å². The minimum Gasteiger partial charge on any atom is -0.481 e. The van der Waals surface area contributed by atoms with Crippen LogP contribution in [0.5, 0.6) is 0 Å². The Labute approximate surface area is 119 Å². The Morgan fingerprint density at radius 1 is 1.30 bits per heavy atom. The lowest BCUT2D eigenvalue weighted by molar-refractivity contribution is -0.149. The Bertz CT molecular complexity index is 488. The predicted octanol–water partition coefficient (Wildman–Crippen LogP) is 2.10. The second-order valence-electron chi connectivity index (χ2n) is 5.04. The molecular formula is C15H22N2O3. The van der Waals surface area contributed by atoms with Crippen molar-refractivity contribution in [3.8, 4) is 0 Å². The molecule has 2 unspecified atom stereocenters. The smallest absolute Gasteiger partial charge is 0.307 e. The third-order valence-electron chi connectivity index (χ3n) is 3.52. The van der Waals surface area contributed by atoms with E-state index < -0.39 is 17.8 Å². The second kappa shape index (κ2) is 7.03. The van der Waals surface area contributed by atoms with Crippen LogP contribution in [0.3, 0.4) is 0 Å². The number of pyridine rings is 1. The number of aromatic nitrogens is 1. The zero-order valence-corrected chi connectivity index (χ0v) is 12.5. The maximum atomic E-state index is 12.3. The quantitative estimate of drug-likeness (QED) is 0.865. The molecule has 0 bridgehead atoms. The highest BCUT2D eigenvalue weighted by atomic mass is 16.4. The van der Waals surface area contributed by atoms with Gasteiger partial charge < -0.3 is 10.0 Å². The molecule has 5 heteroatoms. The van der Waals surface area contributed by atoms with Crippen molar-refractivity contribution in [1.82, 2.24) is 9.88 Å². The van der Waals surface area contributed by atoms with E-state index in [1.807, 2.05) is 32.0 Å². The first-order valence-electron chi connectivity index (χ1n) is 6.81. The van der Waals surface area contributed by atoms with Gasteiger partial charge in [0.05, 0.1) is 18.2 Å². The van der Waals surface area contributed by atoms with Crippen LogP contribution in [0.2, 0.25) is 0 Å². The van der Waals surface area contributed by atoms with E-state index >= 15 is 0 Å². The molecule has 0 aromatic carbocycles. The van der Waals surface area contributed by atoms with E-state index in [9.17, 15) is 9.59 Å². The number of nitrogens with zero attached hydrogens (tertiary/aromatic N) is 2. The molecule has 0 spiro atoms. The highest BCUT2D eigenvalue weighted by Crippen LogP contribution is 2.16. The molecule has 1 amide bonds. The maximum absolute atomic E-state index is 12.3. The molecule has 110 valence electrons. The van der Waals surface area contributed by atoms with Crippen molar-refractivity contribution in [3.05, 3.63) is 29.6 Å². The third kappa shape index (κ3) is 4.05. The summed E-state index contributed by atoms with van der Waals surface area (Å²) in [7, 11) is 0. The summed E-state index contributed by atoms with van der Waals surface area (Å²) >= 11 is 0. The molecule has 0 saturated carbocycles. The van der Waals surface area contributed by atoms with Gasteiger partial charge in [-0.2, -0.15) is 0 Å². The van der Waals surface area contributed by atoms with E-state index in [2.05, 4.69) is 4.98 Å². The number of aryl methyl sites for hydroxylation is 1. The van der Waals surface area contributed by atoms with Crippen LogP contribution in [-0.4, -0.2) is 33.4 Å². The lowest BCUT2D eigenvalue weighted by Crippen LogP contribution is -2.38. The van der Waals surface area contributed by atoms with Crippen molar-refractivity contribution >= 4 is 11.9 Å². The van der Waals surface area contributed by atoms with Crippen LogP contribution >= 0.6 is 0 Å². The van der Waals surface area contributed by atoms with Crippen molar-refractivity contribution in [2.24, 2.45) is 11.8 Å². The molecule has 0 aliphatic heterocycles. The SMILES string of the molecule is CCN(Cc1cccc(C)n1)C(=O)C(C)C(C)C(=O)O. The summed E-state index contributed by atoms with van der Waals surface area (Å²) in [6.45, 7) is 7.94. The summed E-state index contributed by atoms with van der Waals surface area (Å²) < 4.78 is 0. The fourth-order valence-electron chi connectivity index (χ4n) is 1.94. The molecule has 1 N–H and O–H groups in total. The minimum atomic E-state index is -0.949. The van der Waals surface area contributed by atoms with Crippen molar-refractivity contribution in [2.75, 3.05) is 6.54 Å². The average Bonchev–Trinajstić information content (AvgIpc) is 2.42. The standard InChI is InChI=1S/C15H22N2O3/c1-5-17(9-13-8-6-7-10(2)16-13)14(18)11(3)12(4)15(19)20/h6-8,11-12H,5,9H2,1-4H3,(H,19,20). The Morgan fingerprint density at radius 3 is 2.45 bits per heavy atom. The number of aliphatic carboxylic acids is 1. The van der Waals surface area contributed by atoms with Crippen molar-refractivity contribution in [3.63, 3.8) is 0 Å². The molecular weight excluding hydrogens is 256 g/mol. The summed E-state index contributed by atoms with van der Waals surface area (Å²) in [5, 5.41) is 9.00. The molecule has 5 nitrogen and oxygen atoms in total. The zero-order chi connectivity index (χ0) is 15.3. The molecule has 1 rings (SSSR count). The van der Waals surface area contributed by atoms with Gasteiger partial charge >= 0.3 is 5.97 Å². The number of carboxylic acids is 1. The largest absolute Gasteiger partial charge is 0.481 e. The Hall–Kier alpha value is -1.91. The van der Waals surface area contributed by atoms with Crippen LogP contribution in [0.1, 0.15) is 32.2 Å². The second-order valence-corrected chi connectivity index (χ2v) is 5.04. The van der Waals surface area contributed by atoms with Crippen LogP contribution in [0, 0.1) is 18.8 Å². The first kappa shape index (κ1) is 16.1. The van der Waals surface area contributed by atoms with Gasteiger partial charge in [-0.15, -0.1) is 0 Å². The Morgan fingerprint density at radius 2 is 1.95 bits per heavy atom. The first-order chi connectivity index (χ1) is 9.36. The van der Waals surface area contributed by atoms with E-state index in [1.54, 1.807) is 18.7 Å². The molecule has 1 heterocycles. The number of hydrogen-bond acceptors (Lipinski definition) is 3.